The molecule has 18 heavy (non-hydrogen) atoms. The highest BCUT2D eigenvalue weighted by Gasteiger charge is 2.14. The Labute approximate surface area is 100 Å². The zero-order valence-electron chi connectivity index (χ0n) is 8.91. The number of nitro benzene ring substituents is 1. The van der Waals surface area contributed by atoms with Crippen molar-refractivity contribution in [2.45, 2.75) is 0 Å². The second-order valence-electron chi connectivity index (χ2n) is 3.32. The fraction of sp³-hybridized carbons (Fsp3) is 0. The van der Waals surface area contributed by atoms with Gasteiger partial charge in [0.1, 0.15) is 6.33 Å². The third-order valence-corrected chi connectivity index (χ3v) is 2.13. The number of nitrogens with one attached hydrogen (secondary N) is 1. The van der Waals surface area contributed by atoms with Crippen LogP contribution in [-0.2, 0) is 0 Å². The van der Waals surface area contributed by atoms with Gasteiger partial charge in [-0.25, -0.2) is 9.78 Å². The van der Waals surface area contributed by atoms with E-state index >= 15 is 0 Å². The SMILES string of the molecule is O=C(Nc1ccc([N+](=O)[O-])c(F)c1)n1ccnc1. The predicted molar refractivity (Wildman–Crippen MR) is 59.7 cm³/mol. The molecule has 2 rings (SSSR count). The van der Waals surface area contributed by atoms with Gasteiger partial charge in [-0.15, -0.1) is 0 Å². The summed E-state index contributed by atoms with van der Waals surface area (Å²) in [6, 6.07) is 2.57. The second-order valence-corrected chi connectivity index (χ2v) is 3.32. The zero-order chi connectivity index (χ0) is 13.1. The van der Waals surface area contributed by atoms with Gasteiger partial charge in [0, 0.05) is 30.2 Å². The molecule has 0 atom stereocenters. The summed E-state index contributed by atoms with van der Waals surface area (Å²) < 4.78 is 14.4. The highest BCUT2D eigenvalue weighted by Crippen LogP contribution is 2.20. The Hall–Kier alpha value is -2.77. The maximum absolute atomic E-state index is 13.3. The van der Waals surface area contributed by atoms with Crippen LogP contribution < -0.4 is 5.32 Å². The number of carbonyl (C=O) groups is 1. The Balaban J connectivity index is 2.18. The summed E-state index contributed by atoms with van der Waals surface area (Å²) >= 11 is 0. The summed E-state index contributed by atoms with van der Waals surface area (Å²) in [5, 5.41) is 12.8. The number of aromatic nitrogens is 2. The van der Waals surface area contributed by atoms with Crippen LogP contribution >= 0.6 is 0 Å². The Bertz CT molecular complexity index is 597. The van der Waals surface area contributed by atoms with Crippen LogP contribution in [0.1, 0.15) is 0 Å². The van der Waals surface area contributed by atoms with Crippen molar-refractivity contribution in [2.75, 3.05) is 5.32 Å². The number of imidazole rings is 1. The van der Waals surface area contributed by atoms with Crippen LogP contribution in [0, 0.1) is 15.9 Å². The molecular weight excluding hydrogens is 243 g/mol. The minimum atomic E-state index is -1.01. The van der Waals surface area contributed by atoms with E-state index in [0.717, 1.165) is 16.7 Å². The fourth-order valence-corrected chi connectivity index (χ4v) is 1.30. The molecule has 1 aromatic carbocycles. The van der Waals surface area contributed by atoms with Crippen LogP contribution in [0.2, 0.25) is 0 Å². The molecule has 0 aliphatic rings. The maximum Gasteiger partial charge on any atom is 0.331 e. The third kappa shape index (κ3) is 2.32. The molecule has 1 aromatic heterocycles. The second kappa shape index (κ2) is 4.62. The first-order valence-electron chi connectivity index (χ1n) is 4.81. The maximum atomic E-state index is 13.3. The monoisotopic (exact) mass is 250 g/mol. The first-order chi connectivity index (χ1) is 8.58. The molecule has 1 amide bonds. The van der Waals surface area contributed by atoms with Crippen LogP contribution in [0.4, 0.5) is 20.6 Å². The topological polar surface area (TPSA) is 90.1 Å². The van der Waals surface area contributed by atoms with Crippen molar-refractivity contribution in [3.8, 4) is 0 Å². The largest absolute Gasteiger partial charge is 0.331 e. The van der Waals surface area contributed by atoms with Crippen molar-refractivity contribution in [2.24, 2.45) is 0 Å². The van der Waals surface area contributed by atoms with E-state index in [4.69, 9.17) is 0 Å². The number of nitrogens with zero attached hydrogens (tertiary/aromatic N) is 3. The molecule has 0 bridgehead atoms. The molecule has 7 nitrogen and oxygen atoms in total. The summed E-state index contributed by atoms with van der Waals surface area (Å²) in [4.78, 5) is 24.8. The predicted octanol–water partition coefficient (Wildman–Crippen LogP) is 2.01. The molecule has 1 heterocycles. The van der Waals surface area contributed by atoms with Crippen molar-refractivity contribution in [3.05, 3.63) is 52.9 Å². The number of nitro groups is 1. The quantitative estimate of drug-likeness (QED) is 0.652. The minimum Gasteiger partial charge on any atom is -0.307 e. The lowest BCUT2D eigenvalue weighted by molar-refractivity contribution is -0.387. The average molecular weight is 250 g/mol. The van der Waals surface area contributed by atoms with Gasteiger partial charge in [0.25, 0.3) is 0 Å². The average Bonchev–Trinajstić information content (AvgIpc) is 2.81. The molecule has 0 spiro atoms. The van der Waals surface area contributed by atoms with Gasteiger partial charge in [0.15, 0.2) is 0 Å². The summed E-state index contributed by atoms with van der Waals surface area (Å²) in [5.41, 5.74) is -0.521. The van der Waals surface area contributed by atoms with Gasteiger partial charge in [0.05, 0.1) is 4.92 Å². The van der Waals surface area contributed by atoms with Gasteiger partial charge >= 0.3 is 11.7 Å². The molecule has 0 unspecified atom stereocenters. The van der Waals surface area contributed by atoms with Crippen molar-refractivity contribution < 1.29 is 14.1 Å². The van der Waals surface area contributed by atoms with Gasteiger partial charge < -0.3 is 5.32 Å². The van der Waals surface area contributed by atoms with E-state index in [-0.39, 0.29) is 5.69 Å². The standard InChI is InChI=1S/C10H7FN4O3/c11-8-5-7(1-2-9(8)15(17)18)13-10(16)14-4-3-12-6-14/h1-6H,(H,13,16). The van der Waals surface area contributed by atoms with Crippen LogP contribution in [-0.4, -0.2) is 20.5 Å². The molecule has 0 saturated carbocycles. The van der Waals surface area contributed by atoms with E-state index in [2.05, 4.69) is 10.3 Å². The summed E-state index contributed by atoms with van der Waals surface area (Å²) in [5.74, 6) is -1.01. The Morgan fingerprint density at radius 2 is 2.28 bits per heavy atom. The molecule has 8 heteroatoms. The highest BCUT2D eigenvalue weighted by molar-refractivity contribution is 5.90. The van der Waals surface area contributed by atoms with Crippen LogP contribution in [0.15, 0.2) is 36.9 Å². The highest BCUT2D eigenvalue weighted by atomic mass is 19.1. The number of hydrogen-bond donors (Lipinski definition) is 1. The number of carbonyl (C=O) groups excluding carboxylic acids is 1. The Morgan fingerprint density at radius 1 is 1.50 bits per heavy atom. The molecule has 0 aliphatic carbocycles. The normalized spacial score (nSPS) is 10.1. The minimum absolute atomic E-state index is 0.122. The van der Waals surface area contributed by atoms with E-state index in [1.54, 1.807) is 0 Å². The van der Waals surface area contributed by atoms with Crippen molar-refractivity contribution in [3.63, 3.8) is 0 Å². The number of benzene rings is 1. The molecule has 0 fully saturated rings. The van der Waals surface area contributed by atoms with Crippen LogP contribution in [0.3, 0.4) is 0 Å². The lowest BCUT2D eigenvalue weighted by Gasteiger charge is -2.05. The van der Waals surface area contributed by atoms with Crippen LogP contribution in [0.5, 0.6) is 0 Å². The lowest BCUT2D eigenvalue weighted by atomic mass is 10.2. The Morgan fingerprint density at radius 3 is 2.83 bits per heavy atom. The Kier molecular flexibility index (Phi) is 3.00. The third-order valence-electron chi connectivity index (χ3n) is 2.13. The van der Waals surface area contributed by atoms with Gasteiger partial charge in [-0.1, -0.05) is 0 Å². The first-order valence-corrected chi connectivity index (χ1v) is 4.81. The molecule has 0 aliphatic heterocycles. The fourth-order valence-electron chi connectivity index (χ4n) is 1.30. The van der Waals surface area contributed by atoms with Gasteiger partial charge in [0.2, 0.25) is 5.82 Å². The summed E-state index contributed by atoms with van der Waals surface area (Å²) in [6.45, 7) is 0. The van der Waals surface area contributed by atoms with Gasteiger partial charge in [-0.2, -0.15) is 4.39 Å². The summed E-state index contributed by atoms with van der Waals surface area (Å²) in [7, 11) is 0. The molecule has 0 saturated heterocycles. The van der Waals surface area contributed by atoms with E-state index in [9.17, 15) is 19.3 Å². The smallest absolute Gasteiger partial charge is 0.307 e. The number of anilines is 1. The zero-order valence-corrected chi connectivity index (χ0v) is 8.91. The van der Waals surface area contributed by atoms with Gasteiger partial charge in [-0.05, 0) is 6.07 Å². The summed E-state index contributed by atoms with van der Waals surface area (Å²) in [6.07, 6.45) is 4.10. The number of hydrogen-bond acceptors (Lipinski definition) is 4. The first kappa shape index (κ1) is 11.7. The lowest BCUT2D eigenvalue weighted by Crippen LogP contribution is -2.17. The van der Waals surface area contributed by atoms with E-state index in [0.29, 0.717) is 0 Å². The number of rotatable bonds is 2. The van der Waals surface area contributed by atoms with Crippen molar-refractivity contribution in [1.29, 1.82) is 0 Å². The molecule has 2 aromatic rings. The molecule has 92 valence electrons. The van der Waals surface area contributed by atoms with E-state index < -0.39 is 22.5 Å². The van der Waals surface area contributed by atoms with E-state index in [1.807, 2.05) is 0 Å². The van der Waals surface area contributed by atoms with Crippen LogP contribution in [0.25, 0.3) is 0 Å². The number of halogens is 1. The molecule has 0 radical (unpaired) electrons. The molecule has 1 N–H and O–H groups in total. The van der Waals surface area contributed by atoms with E-state index in [1.165, 1.54) is 24.8 Å². The number of amides is 1. The van der Waals surface area contributed by atoms with Crippen molar-refractivity contribution >= 4 is 17.4 Å². The molecular formula is C10H7FN4O3. The van der Waals surface area contributed by atoms with Gasteiger partial charge in [-0.3, -0.25) is 14.7 Å². The van der Waals surface area contributed by atoms with Crippen molar-refractivity contribution in [1.82, 2.24) is 9.55 Å².